The molecule has 0 aliphatic rings. The van der Waals surface area contributed by atoms with E-state index in [1.807, 2.05) is 0 Å². The monoisotopic (exact) mass is 584 g/mol. The van der Waals surface area contributed by atoms with Gasteiger partial charge in [-0.3, -0.25) is 5.32 Å². The number of benzene rings is 1. The molecule has 0 aliphatic heterocycles. The lowest BCUT2D eigenvalue weighted by Gasteiger charge is -2.10. The molecule has 0 saturated carbocycles. The van der Waals surface area contributed by atoms with Gasteiger partial charge >= 0.3 is 12.0 Å². The van der Waals surface area contributed by atoms with Gasteiger partial charge in [-0.1, -0.05) is 50.1 Å². The molecular weight excluding hydrogens is 576 g/mol. The van der Waals surface area contributed by atoms with Crippen molar-refractivity contribution in [2.24, 2.45) is 0 Å². The molecule has 2 rings (SSSR count). The summed E-state index contributed by atoms with van der Waals surface area (Å²) in [5.41, 5.74) is 0.372. The Labute approximate surface area is 179 Å². The largest absolute Gasteiger partial charge is 0.478 e. The van der Waals surface area contributed by atoms with Crippen molar-refractivity contribution < 1.29 is 23.1 Å². The third-order valence-corrected chi connectivity index (χ3v) is 5.71. The Morgan fingerprint density at radius 1 is 1.22 bits per heavy atom. The van der Waals surface area contributed by atoms with Crippen molar-refractivity contribution in [1.82, 2.24) is 14.7 Å². The topological polar surface area (TPSA) is 138 Å². The van der Waals surface area contributed by atoms with Gasteiger partial charge in [-0.25, -0.2) is 32.7 Å². The molecule has 9 nitrogen and oxygen atoms in total. The maximum atomic E-state index is 12.2. The molecule has 1 heterocycles. The maximum absolute atomic E-state index is 12.2. The summed E-state index contributed by atoms with van der Waals surface area (Å²) in [7, 11) is -4.15. The normalized spacial score (nSPS) is 11.3. The van der Waals surface area contributed by atoms with E-state index in [0.29, 0.717) is 10.2 Å². The number of alkyl halides is 2. The summed E-state index contributed by atoms with van der Waals surface area (Å²) in [6, 6.07) is 4.55. The zero-order chi connectivity index (χ0) is 20.2. The second-order valence-electron chi connectivity index (χ2n) is 5.01. The van der Waals surface area contributed by atoms with Crippen LogP contribution in [0.5, 0.6) is 0 Å². The minimum atomic E-state index is -4.15. The van der Waals surface area contributed by atoms with Gasteiger partial charge in [0.15, 0.2) is 0 Å². The molecule has 0 radical (unpaired) electrons. The molecule has 0 fully saturated rings. The van der Waals surface area contributed by atoms with E-state index in [2.05, 4.69) is 63.1 Å². The number of sulfonamides is 1. The minimum absolute atomic E-state index is 0.0499. The standard InChI is InChI=1S/C14H11Br3N4O5S/c15-9-5-18-13(19-10(9)11(16)17)20-14(24)21-27(25,26)6-7-3-1-2-4-8(7)12(22)23/h1-5,11H,6H2,(H,22,23)(H2,18,19,20,21,24). The smallest absolute Gasteiger partial charge is 0.335 e. The van der Waals surface area contributed by atoms with Crippen molar-refractivity contribution in [3.8, 4) is 0 Å². The molecule has 0 bridgehead atoms. The lowest BCUT2D eigenvalue weighted by molar-refractivity contribution is 0.0696. The van der Waals surface area contributed by atoms with Crippen molar-refractivity contribution in [2.45, 2.75) is 9.49 Å². The molecule has 0 spiro atoms. The fourth-order valence-corrected chi connectivity index (χ4v) is 4.76. The van der Waals surface area contributed by atoms with Crippen LogP contribution in [0.1, 0.15) is 25.4 Å². The van der Waals surface area contributed by atoms with E-state index >= 15 is 0 Å². The number of aromatic nitrogens is 2. The first-order chi connectivity index (χ1) is 12.6. The van der Waals surface area contributed by atoms with Gasteiger partial charge < -0.3 is 5.11 Å². The van der Waals surface area contributed by atoms with Gasteiger partial charge in [-0.05, 0) is 27.6 Å². The Bertz CT molecular complexity index is 984. The molecule has 2 amide bonds. The lowest BCUT2D eigenvalue weighted by atomic mass is 10.1. The lowest BCUT2D eigenvalue weighted by Crippen LogP contribution is -2.36. The predicted octanol–water partition coefficient (Wildman–Crippen LogP) is 3.38. The van der Waals surface area contributed by atoms with Crippen molar-refractivity contribution in [2.75, 3.05) is 5.32 Å². The number of aromatic carboxylic acids is 1. The first kappa shape index (κ1) is 21.7. The molecule has 3 N–H and O–H groups in total. The third-order valence-electron chi connectivity index (χ3n) is 3.04. The number of carboxylic acid groups (broad SMARTS) is 1. The molecule has 1 aromatic heterocycles. The van der Waals surface area contributed by atoms with Crippen LogP contribution in [0.3, 0.4) is 0 Å². The second kappa shape index (κ2) is 9.08. The molecule has 13 heteroatoms. The van der Waals surface area contributed by atoms with Gasteiger partial charge in [0.2, 0.25) is 16.0 Å². The number of halogens is 3. The molecule has 144 valence electrons. The average molecular weight is 587 g/mol. The Morgan fingerprint density at radius 3 is 2.52 bits per heavy atom. The van der Waals surface area contributed by atoms with E-state index in [4.69, 9.17) is 5.11 Å². The number of carbonyl (C=O) groups is 2. The number of carboxylic acids is 1. The number of nitrogens with zero attached hydrogens (tertiary/aromatic N) is 2. The van der Waals surface area contributed by atoms with Crippen molar-refractivity contribution in [1.29, 1.82) is 0 Å². The molecule has 0 aliphatic carbocycles. The van der Waals surface area contributed by atoms with Crippen molar-refractivity contribution in [3.63, 3.8) is 0 Å². The Balaban J connectivity index is 2.11. The number of carbonyl (C=O) groups excluding carboxylic acids is 1. The van der Waals surface area contributed by atoms with Gasteiger partial charge in [0.05, 0.1) is 21.5 Å². The first-order valence-electron chi connectivity index (χ1n) is 7.02. The first-order valence-corrected chi connectivity index (χ1v) is 11.3. The van der Waals surface area contributed by atoms with Crippen molar-refractivity contribution in [3.05, 3.63) is 51.8 Å². The summed E-state index contributed by atoms with van der Waals surface area (Å²) in [4.78, 5) is 31.1. The Morgan fingerprint density at radius 2 is 1.89 bits per heavy atom. The zero-order valence-corrected chi connectivity index (χ0v) is 18.8. The second-order valence-corrected chi connectivity index (χ2v) is 10.6. The summed E-state index contributed by atoms with van der Waals surface area (Å²) in [6.07, 6.45) is 1.39. The van der Waals surface area contributed by atoms with Crippen molar-refractivity contribution >= 4 is 75.8 Å². The number of hydrogen-bond donors (Lipinski definition) is 3. The predicted molar refractivity (Wildman–Crippen MR) is 109 cm³/mol. The van der Waals surface area contributed by atoms with E-state index in [-0.39, 0.29) is 20.8 Å². The Hall–Kier alpha value is -1.57. The summed E-state index contributed by atoms with van der Waals surface area (Å²) < 4.78 is 26.4. The van der Waals surface area contributed by atoms with Crippen LogP contribution in [-0.2, 0) is 15.8 Å². The van der Waals surface area contributed by atoms with E-state index in [1.165, 1.54) is 30.5 Å². The number of urea groups is 1. The van der Waals surface area contributed by atoms with E-state index in [9.17, 15) is 18.0 Å². The summed E-state index contributed by atoms with van der Waals surface area (Å²) in [5, 5.41) is 11.3. The summed E-state index contributed by atoms with van der Waals surface area (Å²) in [6.45, 7) is 0. The highest BCUT2D eigenvalue weighted by Gasteiger charge is 2.20. The molecule has 0 unspecified atom stereocenters. The van der Waals surface area contributed by atoms with Crippen LogP contribution in [-0.4, -0.2) is 35.5 Å². The highest BCUT2D eigenvalue weighted by Crippen LogP contribution is 2.32. The number of nitrogens with one attached hydrogen (secondary N) is 2. The highest BCUT2D eigenvalue weighted by atomic mass is 79.9. The van der Waals surface area contributed by atoms with Crippen LogP contribution in [0.4, 0.5) is 10.7 Å². The number of hydrogen-bond acceptors (Lipinski definition) is 6. The molecule has 27 heavy (non-hydrogen) atoms. The van der Waals surface area contributed by atoms with Crippen LogP contribution in [0, 0.1) is 0 Å². The molecular formula is C14H11Br3N4O5S. The summed E-state index contributed by atoms with van der Waals surface area (Å²) >= 11 is 9.77. The molecule has 2 aromatic rings. The molecule has 0 saturated heterocycles. The van der Waals surface area contributed by atoms with Gasteiger partial charge in [-0.2, -0.15) is 0 Å². The zero-order valence-electron chi connectivity index (χ0n) is 13.2. The quantitative estimate of drug-likeness (QED) is 0.441. The van der Waals surface area contributed by atoms with Crippen LogP contribution in [0.15, 0.2) is 34.9 Å². The van der Waals surface area contributed by atoms with Gasteiger partial charge in [0, 0.05) is 6.20 Å². The fourth-order valence-electron chi connectivity index (χ4n) is 1.96. The SMILES string of the molecule is O=C(Nc1ncc(Br)c(C(Br)Br)n1)NS(=O)(=O)Cc1ccccc1C(=O)O. The van der Waals surface area contributed by atoms with Crippen LogP contribution in [0.25, 0.3) is 0 Å². The number of rotatable bonds is 6. The average Bonchev–Trinajstić information content (AvgIpc) is 2.55. The molecule has 1 aromatic carbocycles. The minimum Gasteiger partial charge on any atom is -0.478 e. The van der Waals surface area contributed by atoms with E-state index < -0.39 is 27.8 Å². The van der Waals surface area contributed by atoms with Crippen LogP contribution in [0.2, 0.25) is 0 Å². The number of amides is 2. The maximum Gasteiger partial charge on any atom is 0.335 e. The van der Waals surface area contributed by atoms with Gasteiger partial charge in [0.25, 0.3) is 0 Å². The third kappa shape index (κ3) is 6.23. The van der Waals surface area contributed by atoms with Gasteiger partial charge in [0.1, 0.15) is 3.74 Å². The van der Waals surface area contributed by atoms with E-state index in [1.54, 1.807) is 4.72 Å². The summed E-state index contributed by atoms with van der Waals surface area (Å²) in [5.74, 6) is -2.06. The Kier molecular flexibility index (Phi) is 7.31. The fraction of sp³-hybridized carbons (Fsp3) is 0.143. The van der Waals surface area contributed by atoms with Gasteiger partial charge in [-0.15, -0.1) is 0 Å². The molecule has 0 atom stereocenters. The van der Waals surface area contributed by atoms with Crippen LogP contribution < -0.4 is 10.0 Å². The number of anilines is 1. The van der Waals surface area contributed by atoms with Crippen LogP contribution >= 0.6 is 47.8 Å². The van der Waals surface area contributed by atoms with E-state index in [0.717, 1.165) is 0 Å². The highest BCUT2D eigenvalue weighted by molar-refractivity contribution is 9.24.